The number of hydrogen-bond acceptors (Lipinski definition) is 3. The van der Waals surface area contributed by atoms with Crippen LogP contribution in [0.15, 0.2) is 0 Å². The molecule has 112 valence electrons. The Hall–Kier alpha value is -0.610. The van der Waals surface area contributed by atoms with Gasteiger partial charge in [-0.05, 0) is 51.7 Å². The predicted molar refractivity (Wildman–Crippen MR) is 80.2 cm³/mol. The topological polar surface area (TPSA) is 44.4 Å². The summed E-state index contributed by atoms with van der Waals surface area (Å²) in [4.78, 5) is 14.1. The molecule has 1 heterocycles. The highest BCUT2D eigenvalue weighted by atomic mass is 16.1. The minimum Gasteiger partial charge on any atom is -0.355 e. The van der Waals surface area contributed by atoms with Crippen molar-refractivity contribution in [3.63, 3.8) is 0 Å². The van der Waals surface area contributed by atoms with Crippen molar-refractivity contribution in [3.8, 4) is 0 Å². The quantitative estimate of drug-likeness (QED) is 0.658. The maximum absolute atomic E-state index is 11.5. The third-order valence-electron chi connectivity index (χ3n) is 3.73. The van der Waals surface area contributed by atoms with E-state index in [0.29, 0.717) is 12.5 Å². The van der Waals surface area contributed by atoms with Gasteiger partial charge in [0.15, 0.2) is 0 Å². The predicted octanol–water partition coefficient (Wildman–Crippen LogP) is 1.61. The molecule has 0 aromatic heterocycles. The van der Waals surface area contributed by atoms with Crippen molar-refractivity contribution in [1.29, 1.82) is 0 Å². The van der Waals surface area contributed by atoms with Crippen molar-refractivity contribution in [3.05, 3.63) is 0 Å². The van der Waals surface area contributed by atoms with Gasteiger partial charge in [0.1, 0.15) is 0 Å². The number of likely N-dealkylation sites (tertiary alicyclic amines) is 1. The minimum atomic E-state index is 0.111. The number of rotatable bonds is 8. The summed E-state index contributed by atoms with van der Waals surface area (Å²) in [6, 6.07) is 0.739. The highest BCUT2D eigenvalue weighted by Gasteiger charge is 2.16. The molecular formula is C15H31N3O. The van der Waals surface area contributed by atoms with E-state index in [1.165, 1.54) is 25.8 Å². The normalized spacial score (nSPS) is 20.7. The highest BCUT2D eigenvalue weighted by Crippen LogP contribution is 2.15. The maximum Gasteiger partial charge on any atom is 0.233 e. The largest absolute Gasteiger partial charge is 0.355 e. The Labute approximate surface area is 118 Å². The molecular weight excluding hydrogens is 238 g/mol. The fourth-order valence-electron chi connectivity index (χ4n) is 2.48. The summed E-state index contributed by atoms with van der Waals surface area (Å²) >= 11 is 0. The molecule has 2 N–H and O–H groups in total. The van der Waals surface area contributed by atoms with E-state index in [1.807, 2.05) is 0 Å². The number of amides is 1. The van der Waals surface area contributed by atoms with Crippen LogP contribution in [0.25, 0.3) is 0 Å². The van der Waals surface area contributed by atoms with E-state index in [4.69, 9.17) is 0 Å². The molecule has 1 amide bonds. The Kier molecular flexibility index (Phi) is 8.07. The first-order valence-electron chi connectivity index (χ1n) is 7.81. The van der Waals surface area contributed by atoms with E-state index in [1.54, 1.807) is 0 Å². The number of piperidine rings is 1. The lowest BCUT2D eigenvalue weighted by Crippen LogP contribution is -2.40. The van der Waals surface area contributed by atoms with Gasteiger partial charge in [0, 0.05) is 12.6 Å². The van der Waals surface area contributed by atoms with Gasteiger partial charge in [-0.3, -0.25) is 4.79 Å². The second-order valence-electron chi connectivity index (χ2n) is 6.11. The summed E-state index contributed by atoms with van der Waals surface area (Å²) in [6.07, 6.45) is 5.19. The van der Waals surface area contributed by atoms with Crippen molar-refractivity contribution in [1.82, 2.24) is 15.5 Å². The fraction of sp³-hybridized carbons (Fsp3) is 0.933. The molecule has 4 nitrogen and oxygen atoms in total. The molecule has 1 aliphatic rings. The van der Waals surface area contributed by atoms with Crippen LogP contribution in [0.2, 0.25) is 0 Å². The van der Waals surface area contributed by atoms with Crippen LogP contribution < -0.4 is 10.6 Å². The number of hydrogen-bond donors (Lipinski definition) is 2. The molecule has 0 aromatic rings. The molecule has 4 heteroatoms. The molecule has 1 aliphatic heterocycles. The molecule has 0 saturated carbocycles. The smallest absolute Gasteiger partial charge is 0.233 e. The van der Waals surface area contributed by atoms with Crippen LogP contribution in [0.5, 0.6) is 0 Å². The second-order valence-corrected chi connectivity index (χ2v) is 6.11. The van der Waals surface area contributed by atoms with E-state index in [9.17, 15) is 4.79 Å². The Morgan fingerprint density at radius 2 is 2.16 bits per heavy atom. The van der Waals surface area contributed by atoms with Gasteiger partial charge in [-0.15, -0.1) is 0 Å². The van der Waals surface area contributed by atoms with E-state index < -0.39 is 0 Å². The molecule has 19 heavy (non-hydrogen) atoms. The van der Waals surface area contributed by atoms with Crippen molar-refractivity contribution in [2.75, 3.05) is 32.7 Å². The second kappa shape index (κ2) is 9.32. The van der Waals surface area contributed by atoms with Gasteiger partial charge in [0.05, 0.1) is 6.54 Å². The molecule has 1 saturated heterocycles. The molecule has 0 bridgehead atoms. The van der Waals surface area contributed by atoms with Crippen LogP contribution in [0, 0.1) is 5.92 Å². The number of nitrogens with one attached hydrogen (secondary N) is 2. The van der Waals surface area contributed by atoms with Crippen molar-refractivity contribution in [2.24, 2.45) is 5.92 Å². The van der Waals surface area contributed by atoms with Crippen LogP contribution in [-0.2, 0) is 4.79 Å². The molecule has 0 aromatic carbocycles. The summed E-state index contributed by atoms with van der Waals surface area (Å²) in [5.74, 6) is 0.629. The molecule has 1 unspecified atom stereocenters. The summed E-state index contributed by atoms with van der Waals surface area (Å²) in [5.41, 5.74) is 0. The number of carbonyl (C=O) groups is 1. The van der Waals surface area contributed by atoms with Gasteiger partial charge >= 0.3 is 0 Å². The zero-order chi connectivity index (χ0) is 14.1. The van der Waals surface area contributed by atoms with Gasteiger partial charge in [0.2, 0.25) is 5.91 Å². The lowest BCUT2D eigenvalue weighted by Gasteiger charge is -2.33. The van der Waals surface area contributed by atoms with Crippen molar-refractivity contribution >= 4 is 5.91 Å². The van der Waals surface area contributed by atoms with E-state index in [0.717, 1.165) is 32.1 Å². The first-order chi connectivity index (χ1) is 9.09. The van der Waals surface area contributed by atoms with Crippen molar-refractivity contribution < 1.29 is 4.79 Å². The van der Waals surface area contributed by atoms with Gasteiger partial charge < -0.3 is 15.5 Å². The third kappa shape index (κ3) is 7.53. The maximum atomic E-state index is 11.5. The molecule has 1 atom stereocenters. The molecule has 1 rings (SSSR count). The molecule has 0 spiro atoms. The van der Waals surface area contributed by atoms with Gasteiger partial charge in [0.25, 0.3) is 0 Å². The van der Waals surface area contributed by atoms with E-state index >= 15 is 0 Å². The number of nitrogens with zero attached hydrogens (tertiary/aromatic N) is 1. The minimum absolute atomic E-state index is 0.111. The first kappa shape index (κ1) is 16.4. The highest BCUT2D eigenvalue weighted by molar-refractivity contribution is 5.77. The lowest BCUT2D eigenvalue weighted by atomic mass is 10.0. The third-order valence-corrected chi connectivity index (χ3v) is 3.73. The van der Waals surface area contributed by atoms with E-state index in [2.05, 4.69) is 36.3 Å². The first-order valence-corrected chi connectivity index (χ1v) is 7.81. The van der Waals surface area contributed by atoms with Crippen LogP contribution in [0.3, 0.4) is 0 Å². The molecule has 1 fully saturated rings. The number of carbonyl (C=O) groups excluding carboxylic acids is 1. The standard InChI is InChI=1S/C15H31N3O/c1-13(2)11-17-15(19)12-16-8-6-10-18-9-5-4-7-14(18)3/h13-14,16H,4-12H2,1-3H3,(H,17,19). The van der Waals surface area contributed by atoms with E-state index in [-0.39, 0.29) is 5.91 Å². The average Bonchev–Trinajstić information content (AvgIpc) is 2.38. The Balaban J connectivity index is 1.97. The SMILES string of the molecule is CC(C)CNC(=O)CNCCCN1CCCCC1C. The fourth-order valence-corrected chi connectivity index (χ4v) is 2.48. The average molecular weight is 269 g/mol. The summed E-state index contributed by atoms with van der Waals surface area (Å²) < 4.78 is 0. The Bertz CT molecular complexity index is 256. The summed E-state index contributed by atoms with van der Waals surface area (Å²) in [6.45, 7) is 11.1. The zero-order valence-corrected chi connectivity index (χ0v) is 12.9. The summed E-state index contributed by atoms with van der Waals surface area (Å²) in [7, 11) is 0. The van der Waals surface area contributed by atoms with Crippen LogP contribution in [0.1, 0.15) is 46.5 Å². The van der Waals surface area contributed by atoms with Crippen LogP contribution >= 0.6 is 0 Å². The summed E-state index contributed by atoms with van der Waals surface area (Å²) in [5, 5.41) is 6.14. The Morgan fingerprint density at radius 1 is 1.37 bits per heavy atom. The lowest BCUT2D eigenvalue weighted by molar-refractivity contribution is -0.120. The zero-order valence-electron chi connectivity index (χ0n) is 12.9. The van der Waals surface area contributed by atoms with Crippen LogP contribution in [0.4, 0.5) is 0 Å². The van der Waals surface area contributed by atoms with Crippen molar-refractivity contribution in [2.45, 2.75) is 52.5 Å². The molecule has 0 radical (unpaired) electrons. The van der Waals surface area contributed by atoms with Crippen LogP contribution in [-0.4, -0.2) is 49.6 Å². The molecule has 0 aliphatic carbocycles. The van der Waals surface area contributed by atoms with Gasteiger partial charge in [-0.2, -0.15) is 0 Å². The van der Waals surface area contributed by atoms with Gasteiger partial charge in [-0.25, -0.2) is 0 Å². The van der Waals surface area contributed by atoms with Gasteiger partial charge in [-0.1, -0.05) is 20.3 Å². The monoisotopic (exact) mass is 269 g/mol. The Morgan fingerprint density at radius 3 is 2.84 bits per heavy atom.